The third-order valence-electron chi connectivity index (χ3n) is 4.94. The predicted octanol–water partition coefficient (Wildman–Crippen LogP) is 2.28. The normalized spacial score (nSPS) is 23.7. The predicted molar refractivity (Wildman–Crippen MR) is 93.6 cm³/mol. The van der Waals surface area contributed by atoms with Crippen LogP contribution >= 0.6 is 0 Å². The molecule has 1 fully saturated rings. The van der Waals surface area contributed by atoms with Gasteiger partial charge in [0, 0.05) is 24.9 Å². The second-order valence-corrected chi connectivity index (χ2v) is 8.90. The van der Waals surface area contributed by atoms with Gasteiger partial charge in [0.25, 0.3) is 5.91 Å². The fourth-order valence-electron chi connectivity index (χ4n) is 3.64. The highest BCUT2D eigenvalue weighted by Crippen LogP contribution is 2.30. The Labute approximate surface area is 143 Å². The van der Waals surface area contributed by atoms with Gasteiger partial charge in [-0.05, 0) is 25.0 Å². The van der Waals surface area contributed by atoms with Gasteiger partial charge in [-0.25, -0.2) is 8.42 Å². The van der Waals surface area contributed by atoms with E-state index in [2.05, 4.69) is 0 Å². The van der Waals surface area contributed by atoms with Gasteiger partial charge >= 0.3 is 0 Å². The van der Waals surface area contributed by atoms with E-state index in [0.717, 1.165) is 30.6 Å². The van der Waals surface area contributed by atoms with Gasteiger partial charge < -0.3 is 9.64 Å². The number of likely N-dealkylation sites (N-methyl/N-ethyl adjacent to an activating group) is 1. The maximum absolute atomic E-state index is 12.9. The Kier molecular flexibility index (Phi) is 4.67. The van der Waals surface area contributed by atoms with E-state index in [9.17, 15) is 13.2 Å². The molecule has 0 radical (unpaired) electrons. The monoisotopic (exact) mass is 349 g/mol. The Morgan fingerprint density at radius 1 is 1.21 bits per heavy atom. The maximum Gasteiger partial charge on any atom is 0.253 e. The molecular formula is C18H23NO4S. The molecule has 1 saturated carbocycles. The summed E-state index contributed by atoms with van der Waals surface area (Å²) in [6.07, 6.45) is 6.32. The molecule has 0 aromatic heterocycles. The summed E-state index contributed by atoms with van der Waals surface area (Å²) in [4.78, 5) is 14.5. The number of para-hydroxylation sites is 1. The summed E-state index contributed by atoms with van der Waals surface area (Å²) in [5, 5.41) is -0.474. The number of rotatable bonds is 3. The molecule has 3 rings (SSSR count). The number of carbonyl (C=O) groups excluding carboxylic acids is 1. The number of benzene rings is 1. The number of nitrogens with zero attached hydrogens (tertiary/aromatic N) is 1. The summed E-state index contributed by atoms with van der Waals surface area (Å²) in [5.41, 5.74) is 1.44. The minimum Gasteiger partial charge on any atom is -0.488 e. The van der Waals surface area contributed by atoms with Gasteiger partial charge in [0.05, 0.1) is 10.8 Å². The van der Waals surface area contributed by atoms with Crippen molar-refractivity contribution in [3.05, 3.63) is 35.4 Å². The fraction of sp³-hybridized carbons (Fsp3) is 0.500. The molecule has 5 nitrogen and oxygen atoms in total. The first-order valence-corrected chi connectivity index (χ1v) is 10.2. The van der Waals surface area contributed by atoms with Crippen molar-refractivity contribution in [1.29, 1.82) is 0 Å². The highest BCUT2D eigenvalue weighted by Gasteiger charge is 2.37. The highest BCUT2D eigenvalue weighted by atomic mass is 32.2. The zero-order chi connectivity index (χ0) is 17.3. The average molecular weight is 349 g/mol. The second-order valence-electron chi connectivity index (χ2n) is 6.63. The first-order chi connectivity index (χ1) is 11.4. The van der Waals surface area contributed by atoms with Gasteiger partial charge in [-0.15, -0.1) is 0 Å². The SMILES string of the molecule is CN(C(=O)C1=Cc2ccccc2OC1)[C@@H]1CCCC[C@@H]1S(C)(=O)=O. The van der Waals surface area contributed by atoms with Crippen LogP contribution in [0.15, 0.2) is 29.8 Å². The van der Waals surface area contributed by atoms with Crippen LogP contribution in [0.25, 0.3) is 6.08 Å². The number of hydrogen-bond donors (Lipinski definition) is 0. The Morgan fingerprint density at radius 3 is 2.67 bits per heavy atom. The fourth-order valence-corrected chi connectivity index (χ4v) is 5.12. The zero-order valence-corrected chi connectivity index (χ0v) is 14.9. The molecule has 2 aliphatic rings. The van der Waals surface area contributed by atoms with Crippen LogP contribution in [0, 0.1) is 0 Å². The molecule has 1 aromatic rings. The Bertz CT molecular complexity index is 769. The number of sulfone groups is 1. The van der Waals surface area contributed by atoms with Crippen LogP contribution in [-0.2, 0) is 14.6 Å². The summed E-state index contributed by atoms with van der Waals surface area (Å²) < 4.78 is 29.8. The van der Waals surface area contributed by atoms with Crippen molar-refractivity contribution in [3.63, 3.8) is 0 Å². The van der Waals surface area contributed by atoms with E-state index in [0.29, 0.717) is 12.0 Å². The summed E-state index contributed by atoms with van der Waals surface area (Å²) in [5.74, 6) is 0.619. The van der Waals surface area contributed by atoms with Crippen LogP contribution in [0.4, 0.5) is 0 Å². The van der Waals surface area contributed by atoms with Crippen LogP contribution in [0.2, 0.25) is 0 Å². The van der Waals surface area contributed by atoms with Crippen molar-refractivity contribution in [2.45, 2.75) is 37.0 Å². The van der Waals surface area contributed by atoms with E-state index >= 15 is 0 Å². The Morgan fingerprint density at radius 2 is 1.92 bits per heavy atom. The van der Waals surface area contributed by atoms with Gasteiger partial charge in [0.2, 0.25) is 0 Å². The van der Waals surface area contributed by atoms with E-state index in [4.69, 9.17) is 4.74 Å². The molecule has 0 saturated heterocycles. The van der Waals surface area contributed by atoms with Crippen molar-refractivity contribution in [3.8, 4) is 5.75 Å². The van der Waals surface area contributed by atoms with Gasteiger partial charge in [-0.2, -0.15) is 0 Å². The number of ether oxygens (including phenoxy) is 1. The molecular weight excluding hydrogens is 326 g/mol. The molecule has 6 heteroatoms. The lowest BCUT2D eigenvalue weighted by atomic mass is 9.93. The van der Waals surface area contributed by atoms with Crippen molar-refractivity contribution in [2.24, 2.45) is 0 Å². The van der Waals surface area contributed by atoms with Crippen molar-refractivity contribution in [1.82, 2.24) is 4.90 Å². The van der Waals surface area contributed by atoms with Crippen molar-refractivity contribution in [2.75, 3.05) is 19.9 Å². The van der Waals surface area contributed by atoms with E-state index in [1.54, 1.807) is 11.9 Å². The highest BCUT2D eigenvalue weighted by molar-refractivity contribution is 7.91. The van der Waals surface area contributed by atoms with Crippen LogP contribution < -0.4 is 4.74 Å². The van der Waals surface area contributed by atoms with Gasteiger partial charge in [0.1, 0.15) is 12.4 Å². The van der Waals surface area contributed by atoms with Crippen molar-refractivity contribution >= 4 is 21.8 Å². The molecule has 1 aromatic carbocycles. The molecule has 1 heterocycles. The van der Waals surface area contributed by atoms with E-state index in [1.165, 1.54) is 6.26 Å². The first-order valence-electron chi connectivity index (χ1n) is 8.26. The summed E-state index contributed by atoms with van der Waals surface area (Å²) >= 11 is 0. The number of amides is 1. The standard InChI is InChI=1S/C18H23NO4S/c1-19(15-8-4-6-10-17(15)24(2,21)22)18(20)14-11-13-7-3-5-9-16(13)23-12-14/h3,5,7,9,11,15,17H,4,6,8,10,12H2,1-2H3/t15-,17+/m1/s1. The largest absolute Gasteiger partial charge is 0.488 e. The third kappa shape index (κ3) is 3.34. The smallest absolute Gasteiger partial charge is 0.253 e. The van der Waals surface area contributed by atoms with Crippen LogP contribution in [0.5, 0.6) is 5.75 Å². The molecule has 0 unspecified atom stereocenters. The first kappa shape index (κ1) is 17.0. The zero-order valence-electron chi connectivity index (χ0n) is 14.1. The minimum atomic E-state index is -3.18. The lowest BCUT2D eigenvalue weighted by molar-refractivity contribution is -0.128. The van der Waals surface area contributed by atoms with Gasteiger partial charge in [-0.1, -0.05) is 31.0 Å². The quantitative estimate of drug-likeness (QED) is 0.840. The summed E-state index contributed by atoms with van der Waals surface area (Å²) in [7, 11) is -1.47. The van der Waals surface area contributed by atoms with E-state index < -0.39 is 15.1 Å². The number of fused-ring (bicyclic) bond motifs is 1. The van der Waals surface area contributed by atoms with E-state index in [-0.39, 0.29) is 18.6 Å². The lowest BCUT2D eigenvalue weighted by Gasteiger charge is -2.37. The topological polar surface area (TPSA) is 63.7 Å². The summed E-state index contributed by atoms with van der Waals surface area (Å²) in [6.45, 7) is 0.219. The van der Waals surface area contributed by atoms with E-state index in [1.807, 2.05) is 30.3 Å². The van der Waals surface area contributed by atoms with Crippen molar-refractivity contribution < 1.29 is 17.9 Å². The minimum absolute atomic E-state index is 0.148. The molecule has 1 amide bonds. The molecule has 0 spiro atoms. The summed E-state index contributed by atoms with van der Waals surface area (Å²) in [6, 6.07) is 7.31. The third-order valence-corrected chi connectivity index (χ3v) is 6.59. The molecule has 1 aliphatic carbocycles. The average Bonchev–Trinajstić information content (AvgIpc) is 2.59. The Balaban J connectivity index is 1.83. The van der Waals surface area contributed by atoms with Crippen LogP contribution in [-0.4, -0.2) is 50.4 Å². The number of carbonyl (C=O) groups is 1. The molecule has 0 N–H and O–H groups in total. The maximum atomic E-state index is 12.9. The lowest BCUT2D eigenvalue weighted by Crippen LogP contribution is -2.50. The van der Waals surface area contributed by atoms with Gasteiger partial charge in [0.15, 0.2) is 9.84 Å². The second kappa shape index (κ2) is 6.59. The molecule has 2 atom stereocenters. The number of hydrogen-bond acceptors (Lipinski definition) is 4. The molecule has 24 heavy (non-hydrogen) atoms. The van der Waals surface area contributed by atoms with Gasteiger partial charge in [-0.3, -0.25) is 4.79 Å². The Hall–Kier alpha value is -1.82. The molecule has 1 aliphatic heterocycles. The molecule has 130 valence electrons. The van der Waals surface area contributed by atoms with Crippen LogP contribution in [0.1, 0.15) is 31.2 Å². The molecule has 0 bridgehead atoms. The van der Waals surface area contributed by atoms with Crippen LogP contribution in [0.3, 0.4) is 0 Å².